The van der Waals surface area contributed by atoms with Gasteiger partial charge in [0.25, 0.3) is 0 Å². The molecule has 1 fully saturated rings. The molecule has 10 heteroatoms. The molecule has 1 aliphatic heterocycles. The summed E-state index contributed by atoms with van der Waals surface area (Å²) in [5, 5.41) is 3.91. The molecular formula is C25H28F3N5O2. The lowest BCUT2D eigenvalue weighted by Crippen LogP contribution is -2.28. The van der Waals surface area contributed by atoms with Gasteiger partial charge >= 0.3 is 6.18 Å². The lowest BCUT2D eigenvalue weighted by molar-refractivity contribution is -0.137. The average Bonchev–Trinajstić information content (AvgIpc) is 3.22. The van der Waals surface area contributed by atoms with Crippen LogP contribution in [0.15, 0.2) is 30.3 Å². The van der Waals surface area contributed by atoms with Gasteiger partial charge in [-0.1, -0.05) is 0 Å². The third-order valence-corrected chi connectivity index (χ3v) is 6.15. The molecule has 2 aromatic carbocycles. The Hall–Kier alpha value is -3.56. The molecule has 0 radical (unpaired) electrons. The molecule has 1 saturated heterocycles. The number of likely N-dealkylation sites (tertiary alicyclic amines) is 1. The van der Waals surface area contributed by atoms with Crippen molar-refractivity contribution in [3.8, 4) is 5.75 Å². The fourth-order valence-corrected chi connectivity index (χ4v) is 4.28. The standard InChI is InChI=1S/C25H28F3N5O2/c1-13-7-22-21(11-23(13)35-20-5-6-33(12-20)16(4)34)24(32-15(3)31-22)30-14(2)17-8-18(25(26,27)28)10-19(29)9-17/h7-11,14,20H,5-6,12,29H2,1-4H3,(H,30,31,32)/t14-,20+/m1/s1. The zero-order valence-corrected chi connectivity index (χ0v) is 20.0. The zero-order chi connectivity index (χ0) is 25.5. The summed E-state index contributed by atoms with van der Waals surface area (Å²) in [6.45, 7) is 8.14. The maximum absolute atomic E-state index is 13.3. The van der Waals surface area contributed by atoms with E-state index in [9.17, 15) is 18.0 Å². The van der Waals surface area contributed by atoms with Gasteiger partial charge in [-0.25, -0.2) is 9.97 Å². The van der Waals surface area contributed by atoms with Crippen molar-refractivity contribution >= 4 is 28.3 Å². The van der Waals surface area contributed by atoms with Gasteiger partial charge in [-0.15, -0.1) is 0 Å². The molecule has 7 nitrogen and oxygen atoms in total. The summed E-state index contributed by atoms with van der Waals surface area (Å²) in [6.07, 6.45) is -3.88. The third-order valence-electron chi connectivity index (χ3n) is 6.15. The summed E-state index contributed by atoms with van der Waals surface area (Å²) in [7, 11) is 0. The Morgan fingerprint density at radius 1 is 1.20 bits per heavy atom. The number of hydrogen-bond donors (Lipinski definition) is 2. The van der Waals surface area contributed by atoms with E-state index in [-0.39, 0.29) is 17.7 Å². The Balaban J connectivity index is 1.65. The van der Waals surface area contributed by atoms with E-state index in [4.69, 9.17) is 10.5 Å². The van der Waals surface area contributed by atoms with Crippen LogP contribution in [0.1, 0.15) is 48.8 Å². The lowest BCUT2D eigenvalue weighted by atomic mass is 10.0. The molecule has 2 atom stereocenters. The van der Waals surface area contributed by atoms with Crippen molar-refractivity contribution < 1.29 is 22.7 Å². The number of nitrogens with one attached hydrogen (secondary N) is 1. The van der Waals surface area contributed by atoms with E-state index in [0.29, 0.717) is 46.9 Å². The van der Waals surface area contributed by atoms with E-state index in [2.05, 4.69) is 15.3 Å². The van der Waals surface area contributed by atoms with E-state index in [1.165, 1.54) is 6.07 Å². The summed E-state index contributed by atoms with van der Waals surface area (Å²) in [4.78, 5) is 22.4. The van der Waals surface area contributed by atoms with Crippen LogP contribution in [0.5, 0.6) is 5.75 Å². The number of benzene rings is 2. The number of nitrogens with two attached hydrogens (primary N) is 1. The van der Waals surface area contributed by atoms with Crippen molar-refractivity contribution in [2.24, 2.45) is 0 Å². The van der Waals surface area contributed by atoms with Gasteiger partial charge in [-0.3, -0.25) is 4.79 Å². The van der Waals surface area contributed by atoms with Crippen LogP contribution in [0.3, 0.4) is 0 Å². The van der Waals surface area contributed by atoms with Crippen LogP contribution in [-0.4, -0.2) is 40.0 Å². The molecule has 1 aliphatic rings. The van der Waals surface area contributed by atoms with Gasteiger partial charge in [0, 0.05) is 31.0 Å². The van der Waals surface area contributed by atoms with Gasteiger partial charge in [0.2, 0.25) is 5.91 Å². The molecule has 3 aromatic rings. The predicted octanol–water partition coefficient (Wildman–Crippen LogP) is 5.02. The van der Waals surface area contributed by atoms with E-state index in [1.54, 1.807) is 25.7 Å². The van der Waals surface area contributed by atoms with Gasteiger partial charge < -0.3 is 20.7 Å². The Morgan fingerprint density at radius 3 is 2.60 bits per heavy atom. The van der Waals surface area contributed by atoms with Crippen LogP contribution in [0.4, 0.5) is 24.7 Å². The lowest BCUT2D eigenvalue weighted by Gasteiger charge is -2.20. The number of nitrogen functional groups attached to an aromatic ring is 1. The van der Waals surface area contributed by atoms with Crippen molar-refractivity contribution in [2.45, 2.75) is 52.4 Å². The first-order chi connectivity index (χ1) is 16.4. The quantitative estimate of drug-likeness (QED) is 0.491. The molecule has 1 amide bonds. The fourth-order valence-electron chi connectivity index (χ4n) is 4.28. The number of aromatic nitrogens is 2. The minimum absolute atomic E-state index is 0.0194. The third kappa shape index (κ3) is 5.41. The minimum atomic E-state index is -4.50. The first kappa shape index (κ1) is 24.6. The Bertz CT molecular complexity index is 1280. The maximum Gasteiger partial charge on any atom is 0.416 e. The number of fused-ring (bicyclic) bond motifs is 1. The van der Waals surface area contributed by atoms with Gasteiger partial charge in [-0.2, -0.15) is 13.2 Å². The number of rotatable bonds is 5. The SMILES string of the molecule is CC(=O)N1CC[C@H](Oc2cc3c(N[C@H](C)c4cc(N)cc(C(F)(F)F)c4)nc(C)nc3cc2C)C1. The molecule has 4 rings (SSSR count). The van der Waals surface area contributed by atoms with Crippen LogP contribution < -0.4 is 15.8 Å². The second-order valence-electron chi connectivity index (χ2n) is 9.00. The molecule has 3 N–H and O–H groups in total. The molecule has 0 saturated carbocycles. The van der Waals surface area contributed by atoms with Crippen molar-refractivity contribution in [2.75, 3.05) is 24.1 Å². The monoisotopic (exact) mass is 487 g/mol. The summed E-state index contributed by atoms with van der Waals surface area (Å²) < 4.78 is 46.1. The zero-order valence-electron chi connectivity index (χ0n) is 20.0. The van der Waals surface area contributed by atoms with Crippen LogP contribution >= 0.6 is 0 Å². The number of amides is 1. The van der Waals surface area contributed by atoms with Gasteiger partial charge in [0.15, 0.2) is 0 Å². The summed E-state index contributed by atoms with van der Waals surface area (Å²) in [5.41, 5.74) is 6.96. The highest BCUT2D eigenvalue weighted by Gasteiger charge is 2.31. The van der Waals surface area contributed by atoms with Crippen molar-refractivity contribution in [3.63, 3.8) is 0 Å². The number of hydrogen-bond acceptors (Lipinski definition) is 6. The van der Waals surface area contributed by atoms with Gasteiger partial charge in [-0.05, 0) is 62.2 Å². The number of carbonyl (C=O) groups is 1. The predicted molar refractivity (Wildman–Crippen MR) is 128 cm³/mol. The number of alkyl halides is 3. The molecule has 0 spiro atoms. The van der Waals surface area contributed by atoms with Crippen molar-refractivity contribution in [1.29, 1.82) is 0 Å². The largest absolute Gasteiger partial charge is 0.488 e. The summed E-state index contributed by atoms with van der Waals surface area (Å²) in [5.74, 6) is 1.68. The topological polar surface area (TPSA) is 93.4 Å². The highest BCUT2D eigenvalue weighted by molar-refractivity contribution is 5.91. The summed E-state index contributed by atoms with van der Waals surface area (Å²) >= 11 is 0. The molecule has 0 aliphatic carbocycles. The molecule has 0 unspecified atom stereocenters. The number of halogens is 3. The van der Waals surface area contributed by atoms with Crippen LogP contribution in [0, 0.1) is 13.8 Å². The fraction of sp³-hybridized carbons (Fsp3) is 0.400. The highest BCUT2D eigenvalue weighted by atomic mass is 19.4. The second kappa shape index (κ2) is 9.24. The van der Waals surface area contributed by atoms with E-state index in [0.717, 1.165) is 24.1 Å². The average molecular weight is 488 g/mol. The second-order valence-corrected chi connectivity index (χ2v) is 9.00. The molecular weight excluding hydrogens is 459 g/mol. The molecule has 186 valence electrons. The first-order valence-electron chi connectivity index (χ1n) is 11.4. The van der Waals surface area contributed by atoms with E-state index in [1.807, 2.05) is 19.1 Å². The minimum Gasteiger partial charge on any atom is -0.488 e. The van der Waals surface area contributed by atoms with Gasteiger partial charge in [0.05, 0.1) is 23.7 Å². The van der Waals surface area contributed by atoms with E-state index >= 15 is 0 Å². The highest BCUT2D eigenvalue weighted by Crippen LogP contribution is 2.35. The Kier molecular flexibility index (Phi) is 6.48. The van der Waals surface area contributed by atoms with Crippen molar-refractivity contribution in [1.82, 2.24) is 14.9 Å². The smallest absolute Gasteiger partial charge is 0.416 e. The van der Waals surface area contributed by atoms with Crippen LogP contribution in [0.25, 0.3) is 10.9 Å². The maximum atomic E-state index is 13.3. The normalized spacial score (nSPS) is 17.0. The number of nitrogens with zero attached hydrogens (tertiary/aromatic N) is 3. The molecule has 2 heterocycles. The Labute approximate surface area is 201 Å². The first-order valence-corrected chi connectivity index (χ1v) is 11.4. The van der Waals surface area contributed by atoms with Gasteiger partial charge in [0.1, 0.15) is 23.5 Å². The Morgan fingerprint density at radius 2 is 1.94 bits per heavy atom. The molecule has 35 heavy (non-hydrogen) atoms. The number of anilines is 2. The molecule has 0 bridgehead atoms. The number of carbonyl (C=O) groups excluding carboxylic acids is 1. The van der Waals surface area contributed by atoms with Crippen LogP contribution in [0.2, 0.25) is 0 Å². The molecule has 1 aromatic heterocycles. The van der Waals surface area contributed by atoms with Crippen LogP contribution in [-0.2, 0) is 11.0 Å². The van der Waals surface area contributed by atoms with E-state index < -0.39 is 17.8 Å². The van der Waals surface area contributed by atoms with Crippen molar-refractivity contribution in [3.05, 3.63) is 52.8 Å². The summed E-state index contributed by atoms with van der Waals surface area (Å²) in [6, 6.07) is 6.75. The number of aryl methyl sites for hydroxylation is 2. The number of ether oxygens (including phenoxy) is 1.